The second-order valence-corrected chi connectivity index (χ2v) is 7.77. The summed E-state index contributed by atoms with van der Waals surface area (Å²) in [5.41, 5.74) is 6.94. The van der Waals surface area contributed by atoms with E-state index < -0.39 is 0 Å². The molecule has 0 aliphatic carbocycles. The van der Waals surface area contributed by atoms with Crippen molar-refractivity contribution in [2.45, 2.75) is 0 Å². The van der Waals surface area contributed by atoms with Crippen molar-refractivity contribution in [3.05, 3.63) is 101 Å². The molecule has 0 bridgehead atoms. The van der Waals surface area contributed by atoms with Crippen LogP contribution in [-0.4, -0.2) is 6.29 Å². The lowest BCUT2D eigenvalue weighted by atomic mass is 10.1. The average Bonchev–Trinajstić information content (AvgIpc) is 3.17. The third-order valence-electron chi connectivity index (χ3n) is 4.95. The molecule has 1 aliphatic rings. The summed E-state index contributed by atoms with van der Waals surface area (Å²) in [6.45, 7) is 0. The number of hydrogen-bond acceptors (Lipinski definition) is 3. The summed E-state index contributed by atoms with van der Waals surface area (Å²) in [6, 6.07) is 29.3. The Balaban J connectivity index is 1.62. The Bertz CT molecular complexity index is 1140. The van der Waals surface area contributed by atoms with Crippen molar-refractivity contribution in [2.24, 2.45) is 0 Å². The zero-order valence-electron chi connectivity index (χ0n) is 15.1. The molecule has 3 heteroatoms. The van der Waals surface area contributed by atoms with Crippen LogP contribution in [0.5, 0.6) is 0 Å². The van der Waals surface area contributed by atoms with Gasteiger partial charge in [-0.25, -0.2) is 0 Å². The number of thiophene rings is 1. The number of anilines is 3. The molecule has 4 aromatic rings. The molecule has 0 amide bonds. The lowest BCUT2D eigenvalue weighted by Crippen LogP contribution is -2.11. The molecule has 0 spiro atoms. The number of hydrogen-bond donors (Lipinski definition) is 0. The van der Waals surface area contributed by atoms with Crippen LogP contribution in [-0.2, 0) is 0 Å². The van der Waals surface area contributed by atoms with Crippen molar-refractivity contribution in [3.8, 4) is 10.4 Å². The fourth-order valence-electron chi connectivity index (χ4n) is 3.60. The number of carbonyl (C=O) groups is 1. The number of nitrogens with zero attached hydrogens (tertiary/aromatic N) is 1. The van der Waals surface area contributed by atoms with Crippen molar-refractivity contribution in [3.63, 3.8) is 0 Å². The molecule has 0 unspecified atom stereocenters. The minimum absolute atomic E-state index is 0.750. The molecule has 2 nitrogen and oxygen atoms in total. The summed E-state index contributed by atoms with van der Waals surface area (Å²) in [7, 11) is 0. The third-order valence-corrected chi connectivity index (χ3v) is 6.01. The molecular weight excluding hydrogens is 362 g/mol. The highest BCUT2D eigenvalue weighted by Crippen LogP contribution is 2.42. The van der Waals surface area contributed by atoms with E-state index in [0.717, 1.165) is 38.7 Å². The molecule has 0 atom stereocenters. The summed E-state index contributed by atoms with van der Waals surface area (Å²) >= 11 is 1.52. The lowest BCUT2D eigenvalue weighted by Gasteiger charge is -2.27. The van der Waals surface area contributed by atoms with Gasteiger partial charge in [-0.15, -0.1) is 11.3 Å². The first kappa shape index (κ1) is 16.7. The highest BCUT2D eigenvalue weighted by atomic mass is 32.1. The number of rotatable bonds is 3. The summed E-state index contributed by atoms with van der Waals surface area (Å²) in [5.74, 6) is 0. The van der Waals surface area contributed by atoms with Gasteiger partial charge in [-0.1, -0.05) is 60.7 Å². The molecular formula is C25H17NOS. The Morgan fingerprint density at radius 2 is 1.29 bits per heavy atom. The van der Waals surface area contributed by atoms with Crippen molar-refractivity contribution < 1.29 is 4.79 Å². The van der Waals surface area contributed by atoms with Crippen LogP contribution in [0.3, 0.4) is 0 Å². The molecule has 28 heavy (non-hydrogen) atoms. The SMILES string of the molecule is O=Cc1ccc(-c2ccc(N3c4ccccc4C=Cc4ccccc43)cc2)s1. The van der Waals surface area contributed by atoms with Gasteiger partial charge in [0.25, 0.3) is 0 Å². The maximum absolute atomic E-state index is 11.0. The molecule has 2 heterocycles. The van der Waals surface area contributed by atoms with E-state index in [2.05, 4.69) is 89.8 Å². The predicted octanol–water partition coefficient (Wildman–Crippen LogP) is 7.18. The minimum Gasteiger partial charge on any atom is -0.309 e. The van der Waals surface area contributed by atoms with Gasteiger partial charge in [-0.05, 0) is 53.1 Å². The smallest absolute Gasteiger partial charge is 0.160 e. The van der Waals surface area contributed by atoms with Crippen LogP contribution in [0, 0.1) is 0 Å². The van der Waals surface area contributed by atoms with Gasteiger partial charge >= 0.3 is 0 Å². The summed E-state index contributed by atoms with van der Waals surface area (Å²) in [4.78, 5) is 15.1. The highest BCUT2D eigenvalue weighted by Gasteiger charge is 2.19. The van der Waals surface area contributed by atoms with Gasteiger partial charge in [0.1, 0.15) is 0 Å². The highest BCUT2D eigenvalue weighted by molar-refractivity contribution is 7.17. The average molecular weight is 379 g/mol. The van der Waals surface area contributed by atoms with Gasteiger partial charge in [0, 0.05) is 10.6 Å². The molecule has 0 saturated heterocycles. The Morgan fingerprint density at radius 1 is 0.679 bits per heavy atom. The third kappa shape index (κ3) is 2.86. The standard InChI is InChI=1S/C25H17NOS/c27-17-22-15-16-25(28-22)20-11-13-21(14-12-20)26-23-7-3-1-5-18(23)9-10-19-6-2-4-8-24(19)26/h1-17H. The number of benzene rings is 3. The van der Waals surface area contributed by atoms with Crippen LogP contribution in [0.2, 0.25) is 0 Å². The van der Waals surface area contributed by atoms with Crippen molar-refractivity contribution >= 4 is 46.8 Å². The van der Waals surface area contributed by atoms with E-state index in [1.165, 1.54) is 22.5 Å². The van der Waals surface area contributed by atoms with Crippen LogP contribution in [0.25, 0.3) is 22.6 Å². The van der Waals surface area contributed by atoms with Crippen LogP contribution in [0.1, 0.15) is 20.8 Å². The van der Waals surface area contributed by atoms with E-state index in [-0.39, 0.29) is 0 Å². The molecule has 1 aliphatic heterocycles. The summed E-state index contributed by atoms with van der Waals surface area (Å²) < 4.78 is 0. The number of fused-ring (bicyclic) bond motifs is 2. The van der Waals surface area contributed by atoms with E-state index in [4.69, 9.17) is 0 Å². The molecule has 1 aromatic heterocycles. The maximum atomic E-state index is 11.0. The minimum atomic E-state index is 0.750. The summed E-state index contributed by atoms with van der Waals surface area (Å²) in [6.07, 6.45) is 5.25. The fraction of sp³-hybridized carbons (Fsp3) is 0. The van der Waals surface area contributed by atoms with E-state index in [1.54, 1.807) is 0 Å². The molecule has 0 fully saturated rings. The van der Waals surface area contributed by atoms with Crippen LogP contribution >= 0.6 is 11.3 Å². The van der Waals surface area contributed by atoms with E-state index >= 15 is 0 Å². The second-order valence-electron chi connectivity index (χ2n) is 6.65. The molecule has 5 rings (SSSR count). The van der Waals surface area contributed by atoms with Crippen molar-refractivity contribution in [1.82, 2.24) is 0 Å². The lowest BCUT2D eigenvalue weighted by molar-refractivity contribution is 0.112. The van der Waals surface area contributed by atoms with Crippen LogP contribution < -0.4 is 4.90 Å². The van der Waals surface area contributed by atoms with Gasteiger partial charge in [0.15, 0.2) is 6.29 Å². The Hall–Kier alpha value is -3.43. The van der Waals surface area contributed by atoms with Crippen molar-refractivity contribution in [1.29, 1.82) is 0 Å². The monoisotopic (exact) mass is 379 g/mol. The quantitative estimate of drug-likeness (QED) is 0.309. The molecule has 134 valence electrons. The molecule has 0 N–H and O–H groups in total. The number of carbonyl (C=O) groups excluding carboxylic acids is 1. The second kappa shape index (κ2) is 6.95. The first-order chi connectivity index (χ1) is 13.8. The molecule has 0 saturated carbocycles. The van der Waals surface area contributed by atoms with E-state index in [0.29, 0.717) is 0 Å². The Morgan fingerprint density at radius 3 is 1.86 bits per heavy atom. The van der Waals surface area contributed by atoms with Gasteiger partial charge in [0.05, 0.1) is 16.3 Å². The number of para-hydroxylation sites is 2. The van der Waals surface area contributed by atoms with Gasteiger partial charge < -0.3 is 4.90 Å². The first-order valence-corrected chi connectivity index (χ1v) is 9.97. The van der Waals surface area contributed by atoms with Crippen LogP contribution in [0.4, 0.5) is 17.1 Å². The maximum Gasteiger partial charge on any atom is 0.160 e. The largest absolute Gasteiger partial charge is 0.309 e. The van der Waals surface area contributed by atoms with Gasteiger partial charge in [0.2, 0.25) is 0 Å². The Kier molecular flexibility index (Phi) is 4.15. The van der Waals surface area contributed by atoms with E-state index in [1.807, 2.05) is 12.1 Å². The predicted molar refractivity (Wildman–Crippen MR) is 119 cm³/mol. The first-order valence-electron chi connectivity index (χ1n) is 9.15. The van der Waals surface area contributed by atoms with Gasteiger partial charge in [-0.3, -0.25) is 4.79 Å². The van der Waals surface area contributed by atoms with Crippen LogP contribution in [0.15, 0.2) is 84.9 Å². The Labute approximate surface area is 168 Å². The fourth-order valence-corrected chi connectivity index (χ4v) is 4.43. The summed E-state index contributed by atoms with van der Waals surface area (Å²) in [5, 5.41) is 0. The molecule has 0 radical (unpaired) electrons. The zero-order valence-corrected chi connectivity index (χ0v) is 15.9. The topological polar surface area (TPSA) is 20.3 Å². The van der Waals surface area contributed by atoms with E-state index in [9.17, 15) is 4.79 Å². The van der Waals surface area contributed by atoms with Crippen molar-refractivity contribution in [2.75, 3.05) is 4.90 Å². The van der Waals surface area contributed by atoms with Gasteiger partial charge in [-0.2, -0.15) is 0 Å². The zero-order chi connectivity index (χ0) is 18.9. The normalized spacial score (nSPS) is 12.2. The molecule has 3 aromatic carbocycles. The number of aldehydes is 1.